The van der Waals surface area contributed by atoms with Crippen molar-refractivity contribution in [2.24, 2.45) is 13.0 Å². The summed E-state index contributed by atoms with van der Waals surface area (Å²) in [5, 5.41) is 11.7. The Labute approximate surface area is 173 Å². The number of halogens is 3. The lowest BCUT2D eigenvalue weighted by Crippen LogP contribution is -2.41. The number of rotatable bonds is 3. The van der Waals surface area contributed by atoms with E-state index in [2.05, 4.69) is 15.5 Å². The van der Waals surface area contributed by atoms with Gasteiger partial charge in [-0.05, 0) is 37.7 Å². The van der Waals surface area contributed by atoms with Crippen molar-refractivity contribution in [3.05, 3.63) is 29.7 Å². The van der Waals surface area contributed by atoms with Gasteiger partial charge in [0, 0.05) is 31.9 Å². The summed E-state index contributed by atoms with van der Waals surface area (Å²) in [6, 6.07) is 1.03. The summed E-state index contributed by atoms with van der Waals surface area (Å²) >= 11 is 0. The summed E-state index contributed by atoms with van der Waals surface area (Å²) in [4.78, 5) is 14.8. The number of hydrogen-bond acceptors (Lipinski definition) is 4. The van der Waals surface area contributed by atoms with Crippen LogP contribution in [0.1, 0.15) is 67.8 Å². The summed E-state index contributed by atoms with van der Waals surface area (Å²) in [7, 11) is 1.70. The zero-order chi connectivity index (χ0) is 21.6. The lowest BCUT2D eigenvalue weighted by Gasteiger charge is -2.35. The Hall–Kier alpha value is -2.52. The molecule has 1 unspecified atom stereocenters. The second-order valence-corrected chi connectivity index (χ2v) is 8.54. The molecular formula is C20H27F3N6O. The minimum absolute atomic E-state index is 0.0551. The van der Waals surface area contributed by atoms with Crippen LogP contribution in [0.15, 0.2) is 18.3 Å². The number of piperidine rings is 1. The minimum atomic E-state index is -4.38. The molecule has 164 valence electrons. The van der Waals surface area contributed by atoms with E-state index in [1.807, 2.05) is 13.8 Å². The highest BCUT2D eigenvalue weighted by atomic mass is 19.4. The molecule has 1 fully saturated rings. The number of carbonyl (C=O) groups is 1. The van der Waals surface area contributed by atoms with Crippen LogP contribution in [0.2, 0.25) is 0 Å². The summed E-state index contributed by atoms with van der Waals surface area (Å²) in [6.07, 6.45) is -0.462. The monoisotopic (exact) mass is 424 g/mol. The molecule has 1 amide bonds. The second kappa shape index (κ2) is 7.63. The van der Waals surface area contributed by atoms with Crippen LogP contribution in [0.4, 0.5) is 19.0 Å². The fourth-order valence-electron chi connectivity index (χ4n) is 4.43. The first-order chi connectivity index (χ1) is 14.2. The molecule has 4 rings (SSSR count). The average Bonchev–Trinajstić information content (AvgIpc) is 3.31. The minimum Gasteiger partial charge on any atom is -0.367 e. The van der Waals surface area contributed by atoms with Crippen LogP contribution in [0.5, 0.6) is 0 Å². The van der Waals surface area contributed by atoms with Gasteiger partial charge < -0.3 is 10.2 Å². The van der Waals surface area contributed by atoms with E-state index in [1.165, 1.54) is 4.68 Å². The molecule has 1 saturated heterocycles. The molecule has 10 heteroatoms. The van der Waals surface area contributed by atoms with E-state index in [0.717, 1.165) is 17.5 Å². The van der Waals surface area contributed by atoms with Crippen molar-refractivity contribution in [2.45, 2.75) is 63.8 Å². The number of carbonyl (C=O) groups excluding carboxylic acids is 1. The molecular weight excluding hydrogens is 397 g/mol. The maximum atomic E-state index is 13.8. The van der Waals surface area contributed by atoms with E-state index >= 15 is 0 Å². The van der Waals surface area contributed by atoms with Crippen molar-refractivity contribution >= 4 is 11.7 Å². The Balaban J connectivity index is 1.68. The molecule has 30 heavy (non-hydrogen) atoms. The summed E-state index contributed by atoms with van der Waals surface area (Å²) in [6.45, 7) is 4.36. The number of nitrogens with zero attached hydrogens (tertiary/aromatic N) is 5. The molecule has 0 bridgehead atoms. The van der Waals surface area contributed by atoms with E-state index in [1.54, 1.807) is 30.3 Å². The van der Waals surface area contributed by atoms with Crippen LogP contribution in [0, 0.1) is 5.92 Å². The number of fused-ring (bicyclic) bond motifs is 1. The predicted octanol–water partition coefficient (Wildman–Crippen LogP) is 3.93. The molecule has 1 N–H and O–H groups in total. The first kappa shape index (κ1) is 20.7. The van der Waals surface area contributed by atoms with Crippen molar-refractivity contribution < 1.29 is 18.0 Å². The van der Waals surface area contributed by atoms with Crippen molar-refractivity contribution in [3.63, 3.8) is 0 Å². The topological polar surface area (TPSA) is 68.0 Å². The number of aryl methyl sites for hydroxylation is 1. The van der Waals surface area contributed by atoms with Gasteiger partial charge >= 0.3 is 6.18 Å². The third-order valence-corrected chi connectivity index (χ3v) is 6.19. The molecule has 0 aliphatic carbocycles. The molecule has 4 heterocycles. The van der Waals surface area contributed by atoms with Crippen LogP contribution in [0.25, 0.3) is 0 Å². The molecule has 3 atom stereocenters. The van der Waals surface area contributed by atoms with Gasteiger partial charge in [0.05, 0.1) is 11.7 Å². The highest BCUT2D eigenvalue weighted by Crippen LogP contribution is 2.42. The molecule has 2 aliphatic rings. The smallest absolute Gasteiger partial charge is 0.367 e. The molecule has 2 aromatic heterocycles. The number of nitrogens with one attached hydrogen (secondary N) is 1. The number of aromatic nitrogens is 4. The molecule has 0 radical (unpaired) electrons. The Kier molecular flexibility index (Phi) is 5.27. The van der Waals surface area contributed by atoms with Crippen LogP contribution < -0.4 is 5.32 Å². The average molecular weight is 424 g/mol. The van der Waals surface area contributed by atoms with Gasteiger partial charge in [0.2, 0.25) is 0 Å². The number of anilines is 1. The fraction of sp³-hybridized carbons (Fsp3) is 0.650. The van der Waals surface area contributed by atoms with Gasteiger partial charge in [0.15, 0.2) is 6.04 Å². The predicted molar refractivity (Wildman–Crippen MR) is 105 cm³/mol. The molecule has 0 aromatic carbocycles. The number of alkyl halides is 3. The van der Waals surface area contributed by atoms with E-state index in [-0.39, 0.29) is 30.3 Å². The highest BCUT2D eigenvalue weighted by molar-refractivity contribution is 5.92. The van der Waals surface area contributed by atoms with Gasteiger partial charge in [-0.3, -0.25) is 9.48 Å². The Morgan fingerprint density at radius 1 is 1.30 bits per heavy atom. The Morgan fingerprint density at radius 2 is 2.07 bits per heavy atom. The normalized spacial score (nSPS) is 24.6. The Bertz CT molecular complexity index is 918. The van der Waals surface area contributed by atoms with E-state index in [0.29, 0.717) is 30.2 Å². The molecule has 0 spiro atoms. The maximum absolute atomic E-state index is 13.8. The van der Waals surface area contributed by atoms with Crippen molar-refractivity contribution in [1.29, 1.82) is 0 Å². The Morgan fingerprint density at radius 3 is 2.70 bits per heavy atom. The van der Waals surface area contributed by atoms with E-state index in [9.17, 15) is 18.0 Å². The summed E-state index contributed by atoms with van der Waals surface area (Å²) < 4.78 is 43.9. The lowest BCUT2D eigenvalue weighted by molar-refractivity contribution is -0.174. The standard InChI is InChI=1S/C20H27F3N6O/c1-12(2)13-10-17(20(21,22)23)29-18(25-13)11-14(26-29)15-6-4-5-9-28(15)19(30)16-7-8-24-27(16)3/h7-8,11-13,15,17,25H,4-6,9-10H2,1-3H3/t13-,15?,17+/m0/s1. The third-order valence-electron chi connectivity index (χ3n) is 6.19. The van der Waals surface area contributed by atoms with Gasteiger partial charge in [-0.25, -0.2) is 4.68 Å². The number of hydrogen-bond donors (Lipinski definition) is 1. The van der Waals surface area contributed by atoms with Gasteiger partial charge in [-0.2, -0.15) is 23.4 Å². The van der Waals surface area contributed by atoms with Gasteiger partial charge in [-0.15, -0.1) is 0 Å². The quantitative estimate of drug-likeness (QED) is 0.811. The SMILES string of the molecule is CC(C)[C@@H]1C[C@H](C(F)(F)F)n2nc(C3CCCCN3C(=O)c3ccnn3C)cc2N1. The molecule has 7 nitrogen and oxygen atoms in total. The van der Waals surface area contributed by atoms with E-state index < -0.39 is 12.2 Å². The van der Waals surface area contributed by atoms with Gasteiger partial charge in [0.25, 0.3) is 5.91 Å². The number of likely N-dealkylation sites (tertiary alicyclic amines) is 1. The van der Waals surface area contributed by atoms with Gasteiger partial charge in [-0.1, -0.05) is 13.8 Å². The zero-order valence-corrected chi connectivity index (χ0v) is 17.4. The largest absolute Gasteiger partial charge is 0.410 e. The van der Waals surface area contributed by atoms with Crippen LogP contribution in [-0.2, 0) is 7.05 Å². The van der Waals surface area contributed by atoms with Crippen molar-refractivity contribution in [1.82, 2.24) is 24.5 Å². The highest BCUT2D eigenvalue weighted by Gasteiger charge is 2.47. The van der Waals surface area contributed by atoms with Crippen molar-refractivity contribution in [2.75, 3.05) is 11.9 Å². The third kappa shape index (κ3) is 3.67. The molecule has 2 aromatic rings. The maximum Gasteiger partial charge on any atom is 0.410 e. The lowest BCUT2D eigenvalue weighted by atomic mass is 9.94. The van der Waals surface area contributed by atoms with Crippen LogP contribution >= 0.6 is 0 Å². The first-order valence-electron chi connectivity index (χ1n) is 10.4. The first-order valence-corrected chi connectivity index (χ1v) is 10.4. The van der Waals surface area contributed by atoms with Crippen molar-refractivity contribution in [3.8, 4) is 0 Å². The van der Waals surface area contributed by atoms with E-state index in [4.69, 9.17) is 0 Å². The molecule has 0 saturated carbocycles. The van der Waals surface area contributed by atoms with Gasteiger partial charge in [0.1, 0.15) is 11.5 Å². The number of amides is 1. The zero-order valence-electron chi connectivity index (χ0n) is 17.4. The van der Waals surface area contributed by atoms with Crippen LogP contribution in [-0.4, -0.2) is 49.1 Å². The summed E-state index contributed by atoms with van der Waals surface area (Å²) in [5.74, 6) is 0.251. The second-order valence-electron chi connectivity index (χ2n) is 8.54. The molecule has 2 aliphatic heterocycles. The van der Waals surface area contributed by atoms with Crippen LogP contribution in [0.3, 0.4) is 0 Å². The summed E-state index contributed by atoms with van der Waals surface area (Å²) in [5.41, 5.74) is 0.961. The fourth-order valence-corrected chi connectivity index (χ4v) is 4.43.